The molecule has 0 amide bonds. The summed E-state index contributed by atoms with van der Waals surface area (Å²) in [4.78, 5) is 0. The van der Waals surface area contributed by atoms with Gasteiger partial charge in [0.05, 0.1) is 12.2 Å². The minimum atomic E-state index is 0.243. The van der Waals surface area contributed by atoms with E-state index in [1.807, 2.05) is 0 Å². The van der Waals surface area contributed by atoms with Crippen molar-refractivity contribution in [1.29, 1.82) is 0 Å². The Kier molecular flexibility index (Phi) is 4.87. The van der Waals surface area contributed by atoms with Crippen LogP contribution in [0.5, 0.6) is 5.75 Å². The van der Waals surface area contributed by atoms with E-state index in [-0.39, 0.29) is 6.10 Å². The fourth-order valence-electron chi connectivity index (χ4n) is 2.86. The first kappa shape index (κ1) is 15.3. The molecular formula is C17H24BrNO2. The fraction of sp³-hybridized carbons (Fsp3) is 0.647. The maximum atomic E-state index is 6.12. The number of benzene rings is 1. The van der Waals surface area contributed by atoms with Gasteiger partial charge in [-0.05, 0) is 57.2 Å². The van der Waals surface area contributed by atoms with E-state index < -0.39 is 0 Å². The predicted molar refractivity (Wildman–Crippen MR) is 87.8 cm³/mol. The van der Waals surface area contributed by atoms with Crippen molar-refractivity contribution in [3.05, 3.63) is 27.7 Å². The maximum absolute atomic E-state index is 6.12. The van der Waals surface area contributed by atoms with Crippen LogP contribution in [-0.4, -0.2) is 24.9 Å². The Balaban J connectivity index is 1.66. The molecule has 2 unspecified atom stereocenters. The minimum Gasteiger partial charge on any atom is -0.490 e. The zero-order chi connectivity index (χ0) is 14.8. The van der Waals surface area contributed by atoms with Gasteiger partial charge in [0, 0.05) is 22.6 Å². The van der Waals surface area contributed by atoms with Crippen molar-refractivity contribution in [3.63, 3.8) is 0 Å². The molecule has 2 atom stereocenters. The van der Waals surface area contributed by atoms with E-state index in [4.69, 9.17) is 9.47 Å². The van der Waals surface area contributed by atoms with E-state index in [0.29, 0.717) is 18.8 Å². The lowest BCUT2D eigenvalue weighted by atomic mass is 10.1. The Bertz CT molecular complexity index is 502. The summed E-state index contributed by atoms with van der Waals surface area (Å²) in [6.07, 6.45) is 5.47. The second-order valence-corrected chi connectivity index (χ2v) is 7.24. The average molecular weight is 354 g/mol. The van der Waals surface area contributed by atoms with Crippen LogP contribution >= 0.6 is 15.9 Å². The number of rotatable bonds is 6. The molecule has 2 aliphatic rings. The van der Waals surface area contributed by atoms with Crippen molar-refractivity contribution >= 4 is 15.9 Å². The molecule has 0 spiro atoms. The molecular weight excluding hydrogens is 330 g/mol. The molecule has 1 N–H and O–H groups in total. The van der Waals surface area contributed by atoms with Gasteiger partial charge < -0.3 is 14.8 Å². The highest BCUT2D eigenvalue weighted by atomic mass is 79.9. The Labute approximate surface area is 135 Å². The lowest BCUT2D eigenvalue weighted by molar-refractivity contribution is 0.0261. The number of aryl methyl sites for hydroxylation is 1. The number of halogens is 1. The third kappa shape index (κ3) is 4.21. The Morgan fingerprint density at radius 1 is 1.29 bits per heavy atom. The zero-order valence-electron chi connectivity index (χ0n) is 12.8. The molecule has 0 aromatic heterocycles. The molecule has 1 saturated heterocycles. The van der Waals surface area contributed by atoms with Crippen LogP contribution in [0.3, 0.4) is 0 Å². The first-order valence-corrected chi connectivity index (χ1v) is 8.72. The first-order valence-electron chi connectivity index (χ1n) is 7.92. The highest BCUT2D eigenvalue weighted by Crippen LogP contribution is 2.30. The Morgan fingerprint density at radius 2 is 2.10 bits per heavy atom. The zero-order valence-corrected chi connectivity index (χ0v) is 14.4. The summed E-state index contributed by atoms with van der Waals surface area (Å²) >= 11 is 3.59. The van der Waals surface area contributed by atoms with E-state index in [0.717, 1.165) is 29.6 Å². The van der Waals surface area contributed by atoms with Crippen molar-refractivity contribution in [2.45, 2.75) is 64.3 Å². The maximum Gasteiger partial charge on any atom is 0.126 e. The van der Waals surface area contributed by atoms with Crippen molar-refractivity contribution in [3.8, 4) is 5.75 Å². The van der Waals surface area contributed by atoms with Crippen LogP contribution in [-0.2, 0) is 11.3 Å². The molecule has 1 heterocycles. The molecule has 0 radical (unpaired) electrons. The highest BCUT2D eigenvalue weighted by Gasteiger charge is 2.24. The van der Waals surface area contributed by atoms with Crippen molar-refractivity contribution in [2.24, 2.45) is 0 Å². The number of nitrogens with one attached hydrogen (secondary N) is 1. The van der Waals surface area contributed by atoms with Gasteiger partial charge in [-0.25, -0.2) is 0 Å². The lowest BCUT2D eigenvalue weighted by Gasteiger charge is -2.18. The van der Waals surface area contributed by atoms with Crippen molar-refractivity contribution < 1.29 is 9.47 Å². The van der Waals surface area contributed by atoms with Crippen LogP contribution in [0.25, 0.3) is 0 Å². The van der Waals surface area contributed by atoms with E-state index >= 15 is 0 Å². The van der Waals surface area contributed by atoms with Crippen LogP contribution in [0, 0.1) is 6.92 Å². The summed E-state index contributed by atoms with van der Waals surface area (Å²) < 4.78 is 13.1. The van der Waals surface area contributed by atoms with Gasteiger partial charge >= 0.3 is 0 Å². The predicted octanol–water partition coefficient (Wildman–Crippen LogP) is 3.96. The summed E-state index contributed by atoms with van der Waals surface area (Å²) in [5.41, 5.74) is 2.42. The van der Waals surface area contributed by atoms with E-state index in [9.17, 15) is 0 Å². The smallest absolute Gasteiger partial charge is 0.126 e. The SMILES string of the molecule is Cc1cc(Br)cc(CNC2CC2)c1OCC1CCC(C)O1. The van der Waals surface area contributed by atoms with Gasteiger partial charge in [0.2, 0.25) is 0 Å². The summed E-state index contributed by atoms with van der Waals surface area (Å²) in [6.45, 7) is 5.78. The Morgan fingerprint density at radius 3 is 2.76 bits per heavy atom. The van der Waals surface area contributed by atoms with Gasteiger partial charge in [-0.1, -0.05) is 15.9 Å². The topological polar surface area (TPSA) is 30.5 Å². The molecule has 1 saturated carbocycles. The highest BCUT2D eigenvalue weighted by molar-refractivity contribution is 9.10. The van der Waals surface area contributed by atoms with Crippen molar-refractivity contribution in [2.75, 3.05) is 6.61 Å². The Hall–Kier alpha value is -0.580. The molecule has 1 aromatic rings. The van der Waals surface area contributed by atoms with Gasteiger partial charge in [0.25, 0.3) is 0 Å². The van der Waals surface area contributed by atoms with Gasteiger partial charge in [-0.15, -0.1) is 0 Å². The average Bonchev–Trinajstić information content (AvgIpc) is 3.17. The number of ether oxygens (including phenoxy) is 2. The van der Waals surface area contributed by atoms with E-state index in [1.54, 1.807) is 0 Å². The molecule has 1 aromatic carbocycles. The summed E-state index contributed by atoms with van der Waals surface area (Å²) in [5, 5.41) is 3.57. The summed E-state index contributed by atoms with van der Waals surface area (Å²) in [5.74, 6) is 1.02. The first-order chi connectivity index (χ1) is 10.1. The monoisotopic (exact) mass is 353 g/mol. The second kappa shape index (κ2) is 6.67. The summed E-state index contributed by atoms with van der Waals surface area (Å²) in [7, 11) is 0. The number of hydrogen-bond donors (Lipinski definition) is 1. The van der Waals surface area contributed by atoms with Gasteiger partial charge in [-0.2, -0.15) is 0 Å². The minimum absolute atomic E-state index is 0.243. The molecule has 3 nitrogen and oxygen atoms in total. The third-order valence-electron chi connectivity index (χ3n) is 4.21. The van der Waals surface area contributed by atoms with Gasteiger partial charge in [0.1, 0.15) is 12.4 Å². The van der Waals surface area contributed by atoms with Crippen molar-refractivity contribution in [1.82, 2.24) is 5.32 Å². The molecule has 0 bridgehead atoms. The molecule has 4 heteroatoms. The quantitative estimate of drug-likeness (QED) is 0.839. The second-order valence-electron chi connectivity index (χ2n) is 6.32. The van der Waals surface area contributed by atoms with Crippen LogP contribution in [0.1, 0.15) is 43.7 Å². The van der Waals surface area contributed by atoms with E-state index in [2.05, 4.69) is 47.2 Å². The lowest BCUT2D eigenvalue weighted by Crippen LogP contribution is -2.20. The largest absolute Gasteiger partial charge is 0.490 e. The standard InChI is InChI=1S/C17H24BrNO2/c1-11-7-14(18)8-13(9-19-15-4-5-15)17(11)20-10-16-6-3-12(2)21-16/h7-8,12,15-16,19H,3-6,9-10H2,1-2H3. The number of hydrogen-bond acceptors (Lipinski definition) is 3. The normalized spacial score (nSPS) is 25.3. The van der Waals surface area contributed by atoms with E-state index in [1.165, 1.54) is 24.0 Å². The van der Waals surface area contributed by atoms with Gasteiger partial charge in [-0.3, -0.25) is 0 Å². The van der Waals surface area contributed by atoms with Crippen LogP contribution in [0.2, 0.25) is 0 Å². The fourth-order valence-corrected chi connectivity index (χ4v) is 3.48. The van der Waals surface area contributed by atoms with Crippen LogP contribution in [0.15, 0.2) is 16.6 Å². The molecule has 116 valence electrons. The molecule has 1 aliphatic carbocycles. The summed E-state index contributed by atoms with van der Waals surface area (Å²) in [6, 6.07) is 4.99. The molecule has 3 rings (SSSR count). The molecule has 21 heavy (non-hydrogen) atoms. The van der Waals surface area contributed by atoms with Gasteiger partial charge in [0.15, 0.2) is 0 Å². The molecule has 2 fully saturated rings. The van der Waals surface area contributed by atoms with Crippen LogP contribution < -0.4 is 10.1 Å². The third-order valence-corrected chi connectivity index (χ3v) is 4.67. The molecule has 1 aliphatic heterocycles. The van der Waals surface area contributed by atoms with Crippen LogP contribution in [0.4, 0.5) is 0 Å².